The first kappa shape index (κ1) is 11.9. The quantitative estimate of drug-likeness (QED) is 0.843. The van der Waals surface area contributed by atoms with Crippen LogP contribution < -0.4 is 4.74 Å². The summed E-state index contributed by atoms with van der Waals surface area (Å²) in [6.45, 7) is 1.96. The van der Waals surface area contributed by atoms with Gasteiger partial charge in [-0.05, 0) is 18.6 Å². The van der Waals surface area contributed by atoms with E-state index in [4.69, 9.17) is 21.4 Å². The van der Waals surface area contributed by atoms with Crippen molar-refractivity contribution < 1.29 is 14.6 Å². The summed E-state index contributed by atoms with van der Waals surface area (Å²) in [7, 11) is 0. The Hall–Kier alpha value is -1.22. The molecule has 1 rings (SSSR count). The van der Waals surface area contributed by atoms with E-state index in [1.807, 2.05) is 6.92 Å². The maximum Gasteiger partial charge on any atom is 0.309 e. The van der Waals surface area contributed by atoms with Crippen LogP contribution in [0.5, 0.6) is 5.75 Å². The lowest BCUT2D eigenvalue weighted by Gasteiger charge is -2.12. The molecule has 0 bridgehead atoms. The fourth-order valence-corrected chi connectivity index (χ4v) is 1.31. The van der Waals surface area contributed by atoms with Gasteiger partial charge in [0, 0.05) is 0 Å². The Kier molecular flexibility index (Phi) is 4.43. The lowest BCUT2D eigenvalue weighted by atomic mass is 10.1. The number of para-hydroxylation sites is 1. The fourth-order valence-electron chi connectivity index (χ4n) is 1.12. The number of rotatable bonds is 5. The van der Waals surface area contributed by atoms with Crippen LogP contribution in [0.2, 0.25) is 5.02 Å². The Morgan fingerprint density at radius 2 is 2.20 bits per heavy atom. The van der Waals surface area contributed by atoms with Crippen molar-refractivity contribution in [1.29, 1.82) is 0 Å². The number of halogens is 1. The molecule has 0 aliphatic rings. The molecule has 0 aliphatic carbocycles. The Morgan fingerprint density at radius 3 is 2.73 bits per heavy atom. The Bertz CT molecular complexity index is 338. The van der Waals surface area contributed by atoms with Crippen LogP contribution in [-0.4, -0.2) is 17.7 Å². The van der Waals surface area contributed by atoms with E-state index < -0.39 is 11.9 Å². The van der Waals surface area contributed by atoms with Gasteiger partial charge in [0.05, 0.1) is 10.9 Å². The monoisotopic (exact) mass is 228 g/mol. The van der Waals surface area contributed by atoms with Crippen molar-refractivity contribution >= 4 is 17.6 Å². The molecule has 0 amide bonds. The van der Waals surface area contributed by atoms with Crippen molar-refractivity contribution in [2.24, 2.45) is 5.92 Å². The summed E-state index contributed by atoms with van der Waals surface area (Å²) in [5.74, 6) is -0.801. The zero-order chi connectivity index (χ0) is 11.3. The number of carbonyl (C=O) groups is 1. The maximum absolute atomic E-state index is 10.7. The van der Waals surface area contributed by atoms with Crippen LogP contribution in [0.4, 0.5) is 0 Å². The third-order valence-electron chi connectivity index (χ3n) is 2.12. The maximum atomic E-state index is 10.7. The van der Waals surface area contributed by atoms with Gasteiger partial charge in [0.1, 0.15) is 12.4 Å². The van der Waals surface area contributed by atoms with Gasteiger partial charge >= 0.3 is 5.97 Å². The second-order valence-corrected chi connectivity index (χ2v) is 3.59. The summed E-state index contributed by atoms with van der Waals surface area (Å²) in [5.41, 5.74) is 0. The molecule has 0 radical (unpaired) electrons. The molecule has 82 valence electrons. The normalized spacial score (nSPS) is 12.1. The largest absolute Gasteiger partial charge is 0.491 e. The first-order chi connectivity index (χ1) is 7.15. The average molecular weight is 229 g/mol. The number of carboxylic acid groups (broad SMARTS) is 1. The first-order valence-electron chi connectivity index (χ1n) is 4.75. The summed E-state index contributed by atoms with van der Waals surface area (Å²) in [4.78, 5) is 10.7. The molecule has 3 nitrogen and oxygen atoms in total. The number of carboxylic acids is 1. The zero-order valence-electron chi connectivity index (χ0n) is 8.44. The van der Waals surface area contributed by atoms with Gasteiger partial charge in [0.2, 0.25) is 0 Å². The van der Waals surface area contributed by atoms with Gasteiger partial charge in [-0.3, -0.25) is 4.79 Å². The molecule has 1 aromatic rings. The smallest absolute Gasteiger partial charge is 0.309 e. The van der Waals surface area contributed by atoms with Crippen molar-refractivity contribution in [3.05, 3.63) is 29.3 Å². The van der Waals surface area contributed by atoms with Crippen LogP contribution in [-0.2, 0) is 4.79 Å². The van der Waals surface area contributed by atoms with Crippen molar-refractivity contribution in [2.75, 3.05) is 6.61 Å². The van der Waals surface area contributed by atoms with Crippen LogP contribution >= 0.6 is 11.6 Å². The molecule has 1 N–H and O–H groups in total. The van der Waals surface area contributed by atoms with Crippen LogP contribution in [0, 0.1) is 5.92 Å². The van der Waals surface area contributed by atoms with Crippen molar-refractivity contribution in [1.82, 2.24) is 0 Å². The molecule has 0 aromatic heterocycles. The van der Waals surface area contributed by atoms with E-state index in [1.54, 1.807) is 24.3 Å². The predicted octanol–water partition coefficient (Wildman–Crippen LogP) is 2.83. The predicted molar refractivity (Wildman–Crippen MR) is 58.4 cm³/mol. The SMILES string of the molecule is CCC(COc1ccccc1Cl)C(=O)O. The molecular weight excluding hydrogens is 216 g/mol. The van der Waals surface area contributed by atoms with Gasteiger partial charge < -0.3 is 9.84 Å². The summed E-state index contributed by atoms with van der Waals surface area (Å²) < 4.78 is 5.34. The Labute approximate surface area is 93.6 Å². The number of ether oxygens (including phenoxy) is 1. The first-order valence-corrected chi connectivity index (χ1v) is 5.13. The lowest BCUT2D eigenvalue weighted by molar-refractivity contribution is -0.142. The molecule has 1 atom stereocenters. The molecule has 1 aromatic carbocycles. The van der Waals surface area contributed by atoms with E-state index in [9.17, 15) is 4.79 Å². The molecule has 0 heterocycles. The van der Waals surface area contributed by atoms with E-state index in [0.29, 0.717) is 17.2 Å². The molecule has 0 saturated heterocycles. The number of aliphatic carboxylic acids is 1. The minimum absolute atomic E-state index is 0.148. The second kappa shape index (κ2) is 5.61. The minimum atomic E-state index is -0.843. The Balaban J connectivity index is 2.56. The highest BCUT2D eigenvalue weighted by atomic mass is 35.5. The summed E-state index contributed by atoms with van der Waals surface area (Å²) in [6, 6.07) is 7.02. The van der Waals surface area contributed by atoms with Gasteiger partial charge in [-0.2, -0.15) is 0 Å². The fraction of sp³-hybridized carbons (Fsp3) is 0.364. The highest BCUT2D eigenvalue weighted by Gasteiger charge is 2.16. The minimum Gasteiger partial charge on any atom is -0.491 e. The van der Waals surface area contributed by atoms with Crippen LogP contribution in [0.3, 0.4) is 0 Å². The van der Waals surface area contributed by atoms with Crippen LogP contribution in [0.25, 0.3) is 0 Å². The topological polar surface area (TPSA) is 46.5 Å². The molecule has 0 fully saturated rings. The van der Waals surface area contributed by atoms with Gasteiger partial charge in [-0.25, -0.2) is 0 Å². The van der Waals surface area contributed by atoms with Crippen molar-refractivity contribution in [3.63, 3.8) is 0 Å². The summed E-state index contributed by atoms with van der Waals surface area (Å²) in [5, 5.41) is 9.31. The third-order valence-corrected chi connectivity index (χ3v) is 2.43. The van der Waals surface area contributed by atoms with E-state index in [1.165, 1.54) is 0 Å². The van der Waals surface area contributed by atoms with Crippen molar-refractivity contribution in [3.8, 4) is 5.75 Å². The van der Waals surface area contributed by atoms with Crippen molar-refractivity contribution in [2.45, 2.75) is 13.3 Å². The third kappa shape index (κ3) is 3.44. The van der Waals surface area contributed by atoms with Gasteiger partial charge in [-0.15, -0.1) is 0 Å². The molecule has 1 unspecified atom stereocenters. The molecule has 0 aliphatic heterocycles. The molecule has 15 heavy (non-hydrogen) atoms. The molecule has 0 saturated carbocycles. The van der Waals surface area contributed by atoms with Crippen LogP contribution in [0.1, 0.15) is 13.3 Å². The molecule has 0 spiro atoms. The standard InChI is InChI=1S/C11H13ClO3/c1-2-8(11(13)14)7-15-10-6-4-3-5-9(10)12/h3-6,8H,2,7H2,1H3,(H,13,14). The number of benzene rings is 1. The van der Waals surface area contributed by atoms with Gasteiger partial charge in [-0.1, -0.05) is 30.7 Å². The van der Waals surface area contributed by atoms with E-state index in [-0.39, 0.29) is 6.61 Å². The lowest BCUT2D eigenvalue weighted by Crippen LogP contribution is -2.20. The number of hydrogen-bond acceptors (Lipinski definition) is 2. The Morgan fingerprint density at radius 1 is 1.53 bits per heavy atom. The summed E-state index contributed by atoms with van der Waals surface area (Å²) in [6.07, 6.45) is 0.541. The van der Waals surface area contributed by atoms with Crippen LogP contribution in [0.15, 0.2) is 24.3 Å². The highest BCUT2D eigenvalue weighted by molar-refractivity contribution is 6.32. The zero-order valence-corrected chi connectivity index (χ0v) is 9.20. The van der Waals surface area contributed by atoms with E-state index in [2.05, 4.69) is 0 Å². The second-order valence-electron chi connectivity index (χ2n) is 3.18. The van der Waals surface area contributed by atoms with Gasteiger partial charge in [0.15, 0.2) is 0 Å². The van der Waals surface area contributed by atoms with E-state index >= 15 is 0 Å². The summed E-state index contributed by atoms with van der Waals surface area (Å²) >= 11 is 5.86. The van der Waals surface area contributed by atoms with Gasteiger partial charge in [0.25, 0.3) is 0 Å². The van der Waals surface area contributed by atoms with E-state index in [0.717, 1.165) is 0 Å². The molecule has 4 heteroatoms. The number of hydrogen-bond donors (Lipinski definition) is 1. The molecular formula is C11H13ClO3. The highest BCUT2D eigenvalue weighted by Crippen LogP contribution is 2.23. The average Bonchev–Trinajstić information content (AvgIpc) is 2.21.